The molecule has 0 saturated heterocycles. The third-order valence-corrected chi connectivity index (χ3v) is 3.78. The molecule has 0 aliphatic heterocycles. The molecule has 0 radical (unpaired) electrons. The molecule has 1 amide bonds. The molecule has 0 heterocycles. The predicted molar refractivity (Wildman–Crippen MR) is 71.7 cm³/mol. The molecule has 3 atom stereocenters. The molecular formula is C14H25NO4. The average molecular weight is 271 g/mol. The number of carboxylic acid groups (broad SMARTS) is 1. The number of aliphatic carboxylic acids is 1. The minimum absolute atomic E-state index is 0.0231. The van der Waals surface area contributed by atoms with Crippen LogP contribution in [0.3, 0.4) is 0 Å². The molecule has 110 valence electrons. The topological polar surface area (TPSA) is 75.6 Å². The number of carboxylic acids is 1. The highest BCUT2D eigenvalue weighted by molar-refractivity contribution is 5.80. The van der Waals surface area contributed by atoms with Gasteiger partial charge in [-0.2, -0.15) is 0 Å². The van der Waals surface area contributed by atoms with Crippen molar-refractivity contribution in [2.45, 2.75) is 46.1 Å². The van der Waals surface area contributed by atoms with Crippen LogP contribution in [0.5, 0.6) is 0 Å². The Bertz CT molecular complexity index is 340. The summed E-state index contributed by atoms with van der Waals surface area (Å²) in [6.45, 7) is 6.54. The number of ether oxygens (including phenoxy) is 1. The molecule has 1 saturated carbocycles. The third kappa shape index (κ3) is 4.82. The van der Waals surface area contributed by atoms with E-state index < -0.39 is 12.1 Å². The standard InChI is InChI=1S/C14H25NO4/c1-9-5-10(7-14(2,3)6-9)12(16)15-8-11(19-4)13(17)18/h9-11H,5-8H2,1-4H3,(H,15,16)(H,17,18). The Hall–Kier alpha value is -1.10. The van der Waals surface area contributed by atoms with E-state index in [9.17, 15) is 9.59 Å². The van der Waals surface area contributed by atoms with Crippen molar-refractivity contribution in [3.05, 3.63) is 0 Å². The van der Waals surface area contributed by atoms with E-state index in [1.165, 1.54) is 7.11 Å². The van der Waals surface area contributed by atoms with Crippen molar-refractivity contribution in [1.82, 2.24) is 5.32 Å². The first kappa shape index (κ1) is 16.0. The molecule has 3 unspecified atom stereocenters. The van der Waals surface area contributed by atoms with Gasteiger partial charge >= 0.3 is 5.97 Å². The number of hydrogen-bond acceptors (Lipinski definition) is 3. The second kappa shape index (κ2) is 6.37. The van der Waals surface area contributed by atoms with Gasteiger partial charge in [0.1, 0.15) is 0 Å². The van der Waals surface area contributed by atoms with Crippen molar-refractivity contribution in [3.8, 4) is 0 Å². The van der Waals surface area contributed by atoms with Crippen molar-refractivity contribution in [2.24, 2.45) is 17.3 Å². The Labute approximate surface area is 114 Å². The van der Waals surface area contributed by atoms with Crippen LogP contribution in [0.4, 0.5) is 0 Å². The summed E-state index contributed by atoms with van der Waals surface area (Å²) in [7, 11) is 1.33. The number of nitrogens with one attached hydrogen (secondary N) is 1. The van der Waals surface area contributed by atoms with E-state index in [4.69, 9.17) is 9.84 Å². The summed E-state index contributed by atoms with van der Waals surface area (Å²) in [6.07, 6.45) is 1.89. The van der Waals surface area contributed by atoms with Crippen LogP contribution in [0.25, 0.3) is 0 Å². The maximum Gasteiger partial charge on any atom is 0.334 e. The summed E-state index contributed by atoms with van der Waals surface area (Å²) in [5.41, 5.74) is 0.174. The van der Waals surface area contributed by atoms with E-state index in [2.05, 4.69) is 26.1 Å². The lowest BCUT2D eigenvalue weighted by atomic mass is 9.68. The molecular weight excluding hydrogens is 246 g/mol. The molecule has 1 rings (SSSR count). The van der Waals surface area contributed by atoms with Gasteiger partial charge < -0.3 is 15.2 Å². The number of carbonyl (C=O) groups is 2. The molecule has 19 heavy (non-hydrogen) atoms. The van der Waals surface area contributed by atoms with Crippen molar-refractivity contribution in [3.63, 3.8) is 0 Å². The van der Waals surface area contributed by atoms with E-state index in [1.54, 1.807) is 0 Å². The van der Waals surface area contributed by atoms with Crippen molar-refractivity contribution >= 4 is 11.9 Å². The first-order chi connectivity index (χ1) is 8.75. The van der Waals surface area contributed by atoms with E-state index in [0.717, 1.165) is 19.3 Å². The Balaban J connectivity index is 2.51. The van der Waals surface area contributed by atoms with E-state index >= 15 is 0 Å². The summed E-state index contributed by atoms with van der Waals surface area (Å²) in [5, 5.41) is 11.5. The molecule has 0 aromatic rings. The lowest BCUT2D eigenvalue weighted by Gasteiger charge is -2.38. The van der Waals surface area contributed by atoms with Crippen molar-refractivity contribution < 1.29 is 19.4 Å². The monoisotopic (exact) mass is 271 g/mol. The SMILES string of the molecule is COC(CNC(=O)C1CC(C)CC(C)(C)C1)C(=O)O. The van der Waals surface area contributed by atoms with Crippen LogP contribution in [0.2, 0.25) is 0 Å². The number of hydrogen-bond donors (Lipinski definition) is 2. The molecule has 1 fully saturated rings. The zero-order valence-corrected chi connectivity index (χ0v) is 12.2. The molecule has 0 aromatic heterocycles. The minimum Gasteiger partial charge on any atom is -0.479 e. The highest BCUT2D eigenvalue weighted by Gasteiger charge is 2.35. The highest BCUT2D eigenvalue weighted by Crippen LogP contribution is 2.41. The Morgan fingerprint density at radius 1 is 1.42 bits per heavy atom. The van der Waals surface area contributed by atoms with Gasteiger partial charge in [-0.1, -0.05) is 20.8 Å². The quantitative estimate of drug-likeness (QED) is 0.797. The van der Waals surface area contributed by atoms with Gasteiger partial charge in [0.05, 0.1) is 6.54 Å². The van der Waals surface area contributed by atoms with Crippen LogP contribution in [-0.4, -0.2) is 36.7 Å². The zero-order valence-electron chi connectivity index (χ0n) is 12.2. The van der Waals surface area contributed by atoms with E-state index in [-0.39, 0.29) is 23.8 Å². The number of rotatable bonds is 5. The molecule has 1 aliphatic carbocycles. The van der Waals surface area contributed by atoms with Gasteiger partial charge in [-0.25, -0.2) is 4.79 Å². The molecule has 5 heteroatoms. The largest absolute Gasteiger partial charge is 0.479 e. The molecule has 0 spiro atoms. The summed E-state index contributed by atoms with van der Waals surface area (Å²) in [6, 6.07) is 0. The van der Waals surface area contributed by atoms with Gasteiger partial charge in [0.2, 0.25) is 5.91 Å². The molecule has 5 nitrogen and oxygen atoms in total. The lowest BCUT2D eigenvalue weighted by Crippen LogP contribution is -2.43. The van der Waals surface area contributed by atoms with E-state index in [1.807, 2.05) is 0 Å². The van der Waals surface area contributed by atoms with Crippen LogP contribution in [-0.2, 0) is 14.3 Å². The smallest absolute Gasteiger partial charge is 0.334 e. The zero-order chi connectivity index (χ0) is 14.6. The first-order valence-corrected chi connectivity index (χ1v) is 6.78. The Morgan fingerprint density at radius 2 is 2.05 bits per heavy atom. The first-order valence-electron chi connectivity index (χ1n) is 6.78. The predicted octanol–water partition coefficient (Wildman–Crippen LogP) is 1.66. The maximum absolute atomic E-state index is 12.1. The normalized spacial score (nSPS) is 27.6. The minimum atomic E-state index is -1.06. The van der Waals surface area contributed by atoms with Crippen molar-refractivity contribution in [2.75, 3.05) is 13.7 Å². The molecule has 1 aliphatic rings. The fraction of sp³-hybridized carbons (Fsp3) is 0.857. The van der Waals surface area contributed by atoms with Gasteiger partial charge in [0.25, 0.3) is 0 Å². The fourth-order valence-corrected chi connectivity index (χ4v) is 3.15. The number of amides is 1. The summed E-state index contributed by atoms with van der Waals surface area (Å²) in [4.78, 5) is 22.9. The summed E-state index contributed by atoms with van der Waals surface area (Å²) < 4.78 is 4.80. The molecule has 0 aromatic carbocycles. The molecule has 0 bridgehead atoms. The summed E-state index contributed by atoms with van der Waals surface area (Å²) >= 11 is 0. The second-order valence-electron chi connectivity index (χ2n) is 6.42. The van der Waals surface area contributed by atoms with Crippen molar-refractivity contribution in [1.29, 1.82) is 0 Å². The van der Waals surface area contributed by atoms with Crippen LogP contribution in [0.15, 0.2) is 0 Å². The van der Waals surface area contributed by atoms with Crippen LogP contribution < -0.4 is 5.32 Å². The third-order valence-electron chi connectivity index (χ3n) is 3.78. The van der Waals surface area contributed by atoms with Gasteiger partial charge in [-0.3, -0.25) is 4.79 Å². The van der Waals surface area contributed by atoms with Gasteiger partial charge in [-0.05, 0) is 30.6 Å². The highest BCUT2D eigenvalue weighted by atomic mass is 16.5. The fourth-order valence-electron chi connectivity index (χ4n) is 3.15. The van der Waals surface area contributed by atoms with Gasteiger partial charge in [-0.15, -0.1) is 0 Å². The van der Waals surface area contributed by atoms with Crippen LogP contribution in [0.1, 0.15) is 40.0 Å². The lowest BCUT2D eigenvalue weighted by molar-refractivity contribution is -0.148. The Morgan fingerprint density at radius 3 is 2.53 bits per heavy atom. The van der Waals surface area contributed by atoms with Gasteiger partial charge in [0, 0.05) is 13.0 Å². The van der Waals surface area contributed by atoms with Gasteiger partial charge in [0.15, 0.2) is 6.10 Å². The number of methoxy groups -OCH3 is 1. The molecule has 2 N–H and O–H groups in total. The summed E-state index contributed by atoms with van der Waals surface area (Å²) in [5.74, 6) is -0.606. The Kier molecular flexibility index (Phi) is 5.35. The van der Waals surface area contributed by atoms with E-state index in [0.29, 0.717) is 5.92 Å². The number of carbonyl (C=O) groups excluding carboxylic acids is 1. The van der Waals surface area contributed by atoms with Crippen LogP contribution in [0, 0.1) is 17.3 Å². The second-order valence-corrected chi connectivity index (χ2v) is 6.42. The van der Waals surface area contributed by atoms with Crippen LogP contribution >= 0.6 is 0 Å². The maximum atomic E-state index is 12.1. The average Bonchev–Trinajstić information content (AvgIpc) is 2.26.